The minimum atomic E-state index is -0.894. The second-order valence-corrected chi connectivity index (χ2v) is 17.8. The molecule has 1 rings (SSSR count). The summed E-state index contributed by atoms with van der Waals surface area (Å²) in [5.41, 5.74) is 13.0. The number of hydrogen-bond donors (Lipinski definition) is 2. The van der Waals surface area contributed by atoms with E-state index in [9.17, 15) is 0 Å². The zero-order chi connectivity index (χ0) is 13.5. The van der Waals surface area contributed by atoms with Crippen molar-refractivity contribution < 1.29 is 0 Å². The van der Waals surface area contributed by atoms with Gasteiger partial charge in [0.25, 0.3) is 0 Å². The lowest BCUT2D eigenvalue weighted by Crippen LogP contribution is -2.47. The maximum Gasteiger partial charge on any atom is 0.0478 e. The summed E-state index contributed by atoms with van der Waals surface area (Å²) < 4.78 is 0. The molecule has 0 aliphatic carbocycles. The molecule has 0 aromatic carbocycles. The van der Waals surface area contributed by atoms with Crippen LogP contribution in [-0.4, -0.2) is 29.2 Å². The van der Waals surface area contributed by atoms with Gasteiger partial charge in [0.15, 0.2) is 0 Å². The maximum absolute atomic E-state index is 5.63. The Morgan fingerprint density at radius 1 is 0.778 bits per heavy atom. The van der Waals surface area contributed by atoms with E-state index in [0.717, 1.165) is 13.1 Å². The maximum atomic E-state index is 5.63. The molecule has 0 spiro atoms. The summed E-state index contributed by atoms with van der Waals surface area (Å²) in [5.74, 6) is 0. The molecule has 1 saturated heterocycles. The summed E-state index contributed by atoms with van der Waals surface area (Å²) >= 11 is 0. The minimum Gasteiger partial charge on any atom is -0.330 e. The summed E-state index contributed by atoms with van der Waals surface area (Å²) in [6.45, 7) is 7.12. The first-order chi connectivity index (χ1) is 8.54. The quantitative estimate of drug-likeness (QED) is 0.529. The monoisotopic (exact) mass is 286 g/mol. The molecule has 1 heterocycles. The highest BCUT2D eigenvalue weighted by Crippen LogP contribution is 2.40. The normalized spacial score (nSPS) is 32.7. The Morgan fingerprint density at radius 2 is 1.22 bits per heavy atom. The lowest BCUT2D eigenvalue weighted by Gasteiger charge is -2.42. The van der Waals surface area contributed by atoms with Crippen LogP contribution >= 0.6 is 0 Å². The van der Waals surface area contributed by atoms with Gasteiger partial charge in [0, 0.05) is 16.1 Å². The Morgan fingerprint density at radius 3 is 1.61 bits per heavy atom. The summed E-state index contributed by atoms with van der Waals surface area (Å²) in [5, 5.41) is 0. The average Bonchev–Trinajstić information content (AvgIpc) is 2.29. The molecule has 4 N–H and O–H groups in total. The molecule has 0 bridgehead atoms. The second kappa shape index (κ2) is 7.83. The van der Waals surface area contributed by atoms with Crippen molar-refractivity contribution in [2.45, 2.75) is 75.0 Å². The van der Waals surface area contributed by atoms with E-state index < -0.39 is 16.1 Å². The van der Waals surface area contributed by atoms with Gasteiger partial charge in [0.2, 0.25) is 0 Å². The third-order valence-electron chi connectivity index (χ3n) is 4.88. The van der Waals surface area contributed by atoms with E-state index in [1.807, 2.05) is 0 Å². The Bertz CT molecular complexity index is 216. The van der Waals surface area contributed by atoms with Crippen LogP contribution in [0.15, 0.2) is 0 Å². The fourth-order valence-electron chi connectivity index (χ4n) is 3.97. The van der Waals surface area contributed by atoms with Gasteiger partial charge in [-0.25, -0.2) is 0 Å². The molecule has 108 valence electrons. The van der Waals surface area contributed by atoms with Gasteiger partial charge in [-0.2, -0.15) is 0 Å². The fourth-order valence-corrected chi connectivity index (χ4v) is 20.2. The predicted octanol–water partition coefficient (Wildman–Crippen LogP) is 3.56. The molecule has 1 aliphatic rings. The zero-order valence-electron chi connectivity index (χ0n) is 12.6. The molecule has 2 nitrogen and oxygen atoms in total. The van der Waals surface area contributed by atoms with E-state index in [2.05, 4.69) is 13.1 Å². The summed E-state index contributed by atoms with van der Waals surface area (Å²) in [4.78, 5) is 0. The van der Waals surface area contributed by atoms with E-state index >= 15 is 0 Å². The van der Waals surface area contributed by atoms with Crippen LogP contribution < -0.4 is 11.5 Å². The Kier molecular flexibility index (Phi) is 7.13. The summed E-state index contributed by atoms with van der Waals surface area (Å²) in [6.07, 6.45) is 6.82. The van der Waals surface area contributed by atoms with Crippen molar-refractivity contribution in [3.63, 3.8) is 0 Å². The molecule has 18 heavy (non-hydrogen) atoms. The molecule has 0 radical (unpaired) electrons. The van der Waals surface area contributed by atoms with Crippen molar-refractivity contribution >= 4 is 16.1 Å². The molecular weight excluding hydrogens is 252 g/mol. The Hall–Kier alpha value is 0.354. The number of hydrogen-bond acceptors (Lipinski definition) is 2. The smallest absolute Gasteiger partial charge is 0.0478 e. The highest BCUT2D eigenvalue weighted by Gasteiger charge is 2.40. The highest BCUT2D eigenvalue weighted by atomic mass is 28.4. The Labute approximate surface area is 116 Å². The molecule has 2 unspecified atom stereocenters. The lowest BCUT2D eigenvalue weighted by molar-refractivity contribution is 0.775. The van der Waals surface area contributed by atoms with Gasteiger partial charge in [-0.05, 0) is 25.9 Å². The largest absolute Gasteiger partial charge is 0.330 e. The number of rotatable bonds is 8. The summed E-state index contributed by atoms with van der Waals surface area (Å²) in [6, 6.07) is 6.28. The Balaban J connectivity index is 2.42. The van der Waals surface area contributed by atoms with Gasteiger partial charge in [0.05, 0.1) is 0 Å². The second-order valence-electron chi connectivity index (χ2n) is 7.14. The minimum absolute atomic E-state index is 0.885. The van der Waals surface area contributed by atoms with Gasteiger partial charge in [-0.15, -0.1) is 0 Å². The van der Waals surface area contributed by atoms with Crippen molar-refractivity contribution in [3.05, 3.63) is 0 Å². The van der Waals surface area contributed by atoms with Crippen LogP contribution in [0.25, 0.3) is 0 Å². The van der Waals surface area contributed by atoms with Crippen molar-refractivity contribution in [1.29, 1.82) is 0 Å². The fraction of sp³-hybridized carbons (Fsp3) is 1.00. The van der Waals surface area contributed by atoms with Crippen molar-refractivity contribution in [2.24, 2.45) is 11.5 Å². The molecule has 1 fully saturated rings. The van der Waals surface area contributed by atoms with Crippen molar-refractivity contribution in [2.75, 3.05) is 13.1 Å². The van der Waals surface area contributed by atoms with Crippen LogP contribution in [0.5, 0.6) is 0 Å². The first-order valence-corrected chi connectivity index (χ1v) is 14.2. The first kappa shape index (κ1) is 16.4. The van der Waals surface area contributed by atoms with Gasteiger partial charge in [-0.1, -0.05) is 62.2 Å². The third-order valence-corrected chi connectivity index (χ3v) is 18.0. The molecular formula is C14H34N2Si2. The van der Waals surface area contributed by atoms with Crippen molar-refractivity contribution in [1.82, 2.24) is 0 Å². The molecule has 0 aromatic heterocycles. The van der Waals surface area contributed by atoms with Gasteiger partial charge >= 0.3 is 0 Å². The van der Waals surface area contributed by atoms with Gasteiger partial charge < -0.3 is 11.5 Å². The van der Waals surface area contributed by atoms with E-state index in [1.54, 1.807) is 29.8 Å². The highest BCUT2D eigenvalue weighted by molar-refractivity contribution is 6.97. The zero-order valence-corrected chi connectivity index (χ0v) is 14.6. The van der Waals surface area contributed by atoms with Crippen LogP contribution in [-0.2, 0) is 0 Å². The molecule has 1 aliphatic heterocycles. The standard InChI is InChI=1S/C14H34N2Si2/c1-17(10-5-3-8-15)12-7-13-18(2,14-17)11-6-4-9-16/h3-16H2,1-2H3. The van der Waals surface area contributed by atoms with Crippen LogP contribution in [0, 0.1) is 0 Å². The topological polar surface area (TPSA) is 52.0 Å². The number of unbranched alkanes of at least 4 members (excludes halogenated alkanes) is 2. The lowest BCUT2D eigenvalue weighted by atomic mass is 10.3. The van der Waals surface area contributed by atoms with Crippen LogP contribution in [0.2, 0.25) is 42.9 Å². The SMILES string of the molecule is C[Si]1(CCCCN)CCC[Si](C)(CCCCN)C1. The van der Waals surface area contributed by atoms with E-state index in [1.165, 1.54) is 32.1 Å². The summed E-state index contributed by atoms with van der Waals surface area (Å²) in [7, 11) is -1.79. The molecule has 4 heteroatoms. The van der Waals surface area contributed by atoms with Gasteiger partial charge in [-0.3, -0.25) is 0 Å². The van der Waals surface area contributed by atoms with Crippen LogP contribution in [0.4, 0.5) is 0 Å². The van der Waals surface area contributed by atoms with E-state index in [-0.39, 0.29) is 0 Å². The molecule has 2 atom stereocenters. The predicted molar refractivity (Wildman–Crippen MR) is 88.5 cm³/mol. The van der Waals surface area contributed by atoms with Gasteiger partial charge in [0.1, 0.15) is 0 Å². The molecule has 0 amide bonds. The van der Waals surface area contributed by atoms with Crippen LogP contribution in [0.1, 0.15) is 32.1 Å². The molecule has 0 aromatic rings. The van der Waals surface area contributed by atoms with Crippen molar-refractivity contribution in [3.8, 4) is 0 Å². The third kappa shape index (κ3) is 5.55. The van der Waals surface area contributed by atoms with E-state index in [4.69, 9.17) is 11.5 Å². The first-order valence-electron chi connectivity index (χ1n) is 7.94. The average molecular weight is 287 g/mol. The molecule has 0 saturated carbocycles. The van der Waals surface area contributed by atoms with Crippen LogP contribution in [0.3, 0.4) is 0 Å². The van der Waals surface area contributed by atoms with E-state index in [0.29, 0.717) is 0 Å². The number of nitrogens with two attached hydrogens (primary N) is 2.